The Morgan fingerprint density at radius 1 is 0.364 bits per heavy atom. The van der Waals surface area contributed by atoms with E-state index in [1.54, 1.807) is 83.1 Å². The minimum absolute atomic E-state index is 0.0552. The lowest BCUT2D eigenvalue weighted by molar-refractivity contribution is -0.0500. The van der Waals surface area contributed by atoms with Crippen LogP contribution in [0.4, 0.5) is 56.6 Å². The van der Waals surface area contributed by atoms with Crippen molar-refractivity contribution in [3.8, 4) is 0 Å². The Morgan fingerprint density at radius 3 is 0.636 bits per heavy atom. The molecule has 372 valence electrons. The maximum absolute atomic E-state index is 14.9. The Kier molecular flexibility index (Phi) is 17.0. The van der Waals surface area contributed by atoms with Gasteiger partial charge in [-0.15, -0.1) is 0 Å². The third-order valence-electron chi connectivity index (χ3n) is 9.94. The molecule has 0 amide bonds. The molecule has 3 aromatic rings. The first-order valence-corrected chi connectivity index (χ1v) is 27.8. The Morgan fingerprint density at radius 2 is 0.515 bits per heavy atom. The quantitative estimate of drug-likeness (QED) is 0.0813. The van der Waals surface area contributed by atoms with Crippen LogP contribution in [-0.4, -0.2) is 41.8 Å². The normalized spacial score (nSPS) is 18.6. The van der Waals surface area contributed by atoms with Crippen LogP contribution in [0.15, 0.2) is 54.6 Å². The van der Waals surface area contributed by atoms with Crippen molar-refractivity contribution in [2.24, 2.45) is 0 Å². The highest BCUT2D eigenvalue weighted by Gasteiger charge is 2.64. The average Bonchev–Trinajstić information content (AvgIpc) is 3.15. The maximum Gasteiger partial charge on any atom is 0.523 e. The standard InChI is InChI=1S/C39H51F9N3O9P3S3/c1-22(2)28-16-13-17-29(23(3)4)34(28)49-61(58-64(52,53)37(40,41)42)50(35-30(24(5)6)18-14-19-31(35)25(7)8)63(60-66(56,57)39(46,47)48)51(62(49)59-65(54,55)38(43,44)45)36-32(26(9)10)20-15-21-33(36)27(11)12/h13-27H,1-12H3. The van der Waals surface area contributed by atoms with Crippen LogP contribution in [0.5, 0.6) is 0 Å². The Bertz CT molecular complexity index is 2210. The summed E-state index contributed by atoms with van der Waals surface area (Å²) in [6.45, 7) is 18.6. The van der Waals surface area contributed by atoms with Crippen LogP contribution in [0, 0.1) is 0 Å². The van der Waals surface area contributed by atoms with E-state index in [0.717, 1.165) is 0 Å². The van der Waals surface area contributed by atoms with E-state index in [9.17, 15) is 64.8 Å². The van der Waals surface area contributed by atoms with Gasteiger partial charge in [-0.1, -0.05) is 138 Å². The van der Waals surface area contributed by atoms with Crippen LogP contribution in [-0.2, 0) is 42.3 Å². The molecule has 27 heteroatoms. The molecular formula is C39H51F9N3O9P3S3. The topological polar surface area (TPSA) is 140 Å². The molecule has 12 nitrogen and oxygen atoms in total. The second kappa shape index (κ2) is 20.1. The van der Waals surface area contributed by atoms with Gasteiger partial charge in [-0.3, -0.25) is 0 Å². The number of benzene rings is 3. The van der Waals surface area contributed by atoms with Gasteiger partial charge in [0.05, 0.1) is 17.1 Å². The summed E-state index contributed by atoms with van der Waals surface area (Å²) in [6, 6.07) is 12.7. The van der Waals surface area contributed by atoms with Crippen molar-refractivity contribution in [2.75, 3.05) is 13.3 Å². The van der Waals surface area contributed by atoms with Crippen LogP contribution in [0.1, 0.15) is 152 Å². The predicted octanol–water partition coefficient (Wildman–Crippen LogP) is 14.5. The van der Waals surface area contributed by atoms with E-state index in [-0.39, 0.29) is 33.4 Å². The molecule has 3 aromatic carbocycles. The van der Waals surface area contributed by atoms with Gasteiger partial charge in [-0.05, 0) is 68.9 Å². The Hall–Kier alpha value is -2.55. The second-order valence-corrected chi connectivity index (χ2v) is 27.6. The van der Waals surface area contributed by atoms with E-state index in [4.69, 9.17) is 11.9 Å². The van der Waals surface area contributed by atoms with Gasteiger partial charge >= 0.3 is 46.9 Å². The average molecular weight is 1070 g/mol. The zero-order chi connectivity index (χ0) is 50.6. The number of para-hydroxylation sites is 3. The minimum Gasteiger partial charge on any atom is -0.246 e. The summed E-state index contributed by atoms with van der Waals surface area (Å²) in [5, 5.41) is 0. The molecule has 0 unspecified atom stereocenters. The van der Waals surface area contributed by atoms with Gasteiger partial charge in [-0.2, -0.15) is 76.7 Å². The van der Waals surface area contributed by atoms with Crippen LogP contribution in [0.25, 0.3) is 0 Å². The van der Waals surface area contributed by atoms with Crippen molar-refractivity contribution in [1.82, 2.24) is 0 Å². The largest absolute Gasteiger partial charge is 0.523 e. The molecule has 0 saturated carbocycles. The lowest BCUT2D eigenvalue weighted by Gasteiger charge is -2.55. The van der Waals surface area contributed by atoms with Crippen LogP contribution < -0.4 is 13.3 Å². The minimum atomic E-state index is -7.03. The van der Waals surface area contributed by atoms with Crippen molar-refractivity contribution in [3.63, 3.8) is 0 Å². The van der Waals surface area contributed by atoms with Gasteiger partial charge < -0.3 is 0 Å². The lowest BCUT2D eigenvalue weighted by Crippen LogP contribution is -2.44. The van der Waals surface area contributed by atoms with Gasteiger partial charge in [0.1, 0.15) is 0 Å². The van der Waals surface area contributed by atoms with Crippen LogP contribution in [0.3, 0.4) is 0 Å². The lowest BCUT2D eigenvalue weighted by atomic mass is 9.93. The van der Waals surface area contributed by atoms with Gasteiger partial charge in [0, 0.05) is 0 Å². The molecule has 1 saturated heterocycles. The number of halogens is 9. The molecular weight excluding hydrogens is 1010 g/mol. The van der Waals surface area contributed by atoms with Crippen molar-refractivity contribution >= 4 is 72.8 Å². The van der Waals surface area contributed by atoms with E-state index in [0.29, 0.717) is 13.3 Å². The molecule has 4 rings (SSSR count). The highest BCUT2D eigenvalue weighted by Crippen LogP contribution is 2.83. The zero-order valence-corrected chi connectivity index (χ0v) is 42.8. The predicted molar refractivity (Wildman–Crippen MR) is 240 cm³/mol. The smallest absolute Gasteiger partial charge is 0.246 e. The van der Waals surface area contributed by atoms with Crippen molar-refractivity contribution in [3.05, 3.63) is 88.0 Å². The van der Waals surface area contributed by atoms with Crippen molar-refractivity contribution in [2.45, 2.75) is 135 Å². The fourth-order valence-electron chi connectivity index (χ4n) is 6.76. The number of alkyl halides is 9. The van der Waals surface area contributed by atoms with E-state index in [1.807, 2.05) is 0 Å². The van der Waals surface area contributed by atoms with E-state index in [1.165, 1.54) is 54.6 Å². The number of hydrogen-bond donors (Lipinski definition) is 0. The fourth-order valence-corrected chi connectivity index (χ4v) is 19.5. The highest BCUT2D eigenvalue weighted by atomic mass is 32.2. The van der Waals surface area contributed by atoms with Gasteiger partial charge in [0.15, 0.2) is 0 Å². The van der Waals surface area contributed by atoms with E-state index in [2.05, 4.69) is 0 Å². The molecule has 0 aromatic heterocycles. The number of hydrogen-bond acceptors (Lipinski definition) is 12. The highest BCUT2D eigenvalue weighted by molar-refractivity contribution is 8.02. The molecule has 0 radical (unpaired) electrons. The van der Waals surface area contributed by atoms with E-state index < -0.39 is 125 Å². The van der Waals surface area contributed by atoms with Crippen molar-refractivity contribution in [1.29, 1.82) is 0 Å². The molecule has 0 atom stereocenters. The van der Waals surface area contributed by atoms with Gasteiger partial charge in [0.2, 0.25) is 0 Å². The summed E-state index contributed by atoms with van der Waals surface area (Å²) >= 11 is 0. The third-order valence-corrected chi connectivity index (χ3v) is 21.5. The number of rotatable bonds is 15. The van der Waals surface area contributed by atoms with Crippen molar-refractivity contribution < 1.29 is 76.7 Å². The molecule has 1 heterocycles. The third kappa shape index (κ3) is 11.2. The molecule has 66 heavy (non-hydrogen) atoms. The summed E-state index contributed by atoms with van der Waals surface area (Å²) in [7, 11) is -34.1. The molecule has 0 bridgehead atoms. The first-order chi connectivity index (χ1) is 29.9. The maximum atomic E-state index is 14.9. The first-order valence-electron chi connectivity index (χ1n) is 20.1. The van der Waals surface area contributed by atoms with Gasteiger partial charge in [0.25, 0.3) is 25.3 Å². The molecule has 0 aliphatic carbocycles. The molecule has 1 fully saturated rings. The molecule has 1 aliphatic rings. The monoisotopic (exact) mass is 1070 g/mol. The first kappa shape index (κ1) is 56.0. The Balaban J connectivity index is 2.62. The van der Waals surface area contributed by atoms with E-state index >= 15 is 0 Å². The van der Waals surface area contributed by atoms with Gasteiger partial charge in [-0.25, -0.2) is 13.3 Å². The van der Waals surface area contributed by atoms with Crippen LogP contribution >= 0.6 is 25.3 Å². The summed E-state index contributed by atoms with van der Waals surface area (Å²) in [5.41, 5.74) is -19.9. The Labute approximate surface area is 384 Å². The summed E-state index contributed by atoms with van der Waals surface area (Å²) < 4.78 is 233. The number of nitrogens with zero attached hydrogens (tertiary/aromatic N) is 3. The molecule has 0 spiro atoms. The second-order valence-electron chi connectivity index (χ2n) is 16.8. The molecule has 1 aliphatic heterocycles. The van der Waals surface area contributed by atoms with Crippen LogP contribution in [0.2, 0.25) is 0 Å². The summed E-state index contributed by atoms with van der Waals surface area (Å²) in [5.74, 6) is -4.58. The zero-order valence-electron chi connectivity index (χ0n) is 37.6. The summed E-state index contributed by atoms with van der Waals surface area (Å²) in [6.07, 6.45) is 0. The SMILES string of the molecule is CC(C)c1cccc(C(C)C)c1N1P(OS(=O)(=O)C(F)(F)F)N(c2c(C(C)C)cccc2C(C)C)P(OS(=O)(=O)C(F)(F)F)N(c2c(C(C)C)cccc2C(C)C)P1OS(=O)(=O)C(F)(F)F. The molecule has 0 N–H and O–H groups in total. The summed E-state index contributed by atoms with van der Waals surface area (Å²) in [4.78, 5) is 0. The number of anilines is 3. The fraction of sp³-hybridized carbons (Fsp3) is 0.538.